The Morgan fingerprint density at radius 3 is 2.23 bits per heavy atom. The Kier molecular flexibility index (Phi) is 11.0. The van der Waals surface area contributed by atoms with Crippen LogP contribution in [0.4, 0.5) is 10.6 Å². The number of nitrogens with zero attached hydrogens (tertiary/aromatic N) is 4. The van der Waals surface area contributed by atoms with Crippen LogP contribution in [0.3, 0.4) is 0 Å². The molecule has 0 spiro atoms. The minimum atomic E-state index is -4.01. The predicted octanol–water partition coefficient (Wildman–Crippen LogP) is 6.16. The number of hydrogen-bond acceptors (Lipinski definition) is 7. The van der Waals surface area contributed by atoms with E-state index in [0.29, 0.717) is 5.69 Å². The molecule has 1 N–H and O–H groups in total. The molecule has 0 fully saturated rings. The Bertz CT molecular complexity index is 1490. The Hall–Kier alpha value is -3.83. The number of unbranched alkanes of at least 4 members (excludes halogenated alkanes) is 1. The molecule has 0 aliphatic rings. The second-order valence-corrected chi connectivity index (χ2v) is 14.0. The number of sulfonamides is 1. The normalized spacial score (nSPS) is 12.3. The van der Waals surface area contributed by atoms with Gasteiger partial charge in [-0.2, -0.15) is 4.31 Å². The number of carbonyl (C=O) groups excluding carboxylic acids is 1. The summed E-state index contributed by atoms with van der Waals surface area (Å²) in [5, 5.41) is 9.45. The smallest absolute Gasteiger partial charge is 0.416 e. The molecule has 3 aromatic rings. The Morgan fingerprint density at radius 1 is 0.953 bits per heavy atom. The van der Waals surface area contributed by atoms with Gasteiger partial charge in [-0.15, -0.1) is 0 Å². The molecule has 0 saturated carbocycles. The van der Waals surface area contributed by atoms with Crippen molar-refractivity contribution in [2.75, 3.05) is 11.4 Å². The zero-order chi connectivity index (χ0) is 31.8. The molecule has 0 aliphatic carbocycles. The van der Waals surface area contributed by atoms with Crippen LogP contribution in [0.2, 0.25) is 0 Å². The van der Waals surface area contributed by atoms with Crippen LogP contribution in [0.5, 0.6) is 0 Å². The number of ether oxygens (including phenoxy) is 1. The fourth-order valence-electron chi connectivity index (χ4n) is 4.48. The van der Waals surface area contributed by atoms with Crippen LogP contribution in [-0.2, 0) is 38.1 Å². The summed E-state index contributed by atoms with van der Waals surface area (Å²) in [6.45, 7) is 10.9. The lowest BCUT2D eigenvalue weighted by molar-refractivity contribution is -0.135. The number of carboxylic acids is 1. The fraction of sp³-hybridized carbons (Fsp3) is 0.438. The number of hydrogen-bond donors (Lipinski definition) is 1. The van der Waals surface area contributed by atoms with E-state index < -0.39 is 34.2 Å². The number of anilines is 1. The number of carboxylic acid groups (broad SMARTS) is 1. The first-order chi connectivity index (χ1) is 20.1. The first-order valence-corrected chi connectivity index (χ1v) is 15.7. The van der Waals surface area contributed by atoms with Crippen LogP contribution < -0.4 is 4.90 Å². The van der Waals surface area contributed by atoms with Crippen LogP contribution in [0.15, 0.2) is 71.9 Å². The summed E-state index contributed by atoms with van der Waals surface area (Å²) in [7, 11) is -4.01. The highest BCUT2D eigenvalue weighted by molar-refractivity contribution is 7.89. The molecule has 1 amide bonds. The van der Waals surface area contributed by atoms with Crippen molar-refractivity contribution in [3.8, 4) is 0 Å². The second kappa shape index (κ2) is 14.1. The summed E-state index contributed by atoms with van der Waals surface area (Å²) in [4.78, 5) is 33.8. The highest BCUT2D eigenvalue weighted by Crippen LogP contribution is 2.30. The van der Waals surface area contributed by atoms with Crippen molar-refractivity contribution in [3.63, 3.8) is 0 Å². The van der Waals surface area contributed by atoms with Crippen molar-refractivity contribution in [2.24, 2.45) is 0 Å². The number of pyridine rings is 2. The SMILES string of the molecule is CCCCC(C)(C)c1ccc(CN(Cc2cccc(N(CC(=O)O)C(=O)OC(C)(C)C)n2)S(=O)(=O)c2cccnc2)cc1. The maximum atomic E-state index is 13.8. The van der Waals surface area contributed by atoms with Gasteiger partial charge < -0.3 is 9.84 Å². The van der Waals surface area contributed by atoms with Crippen molar-refractivity contribution in [1.82, 2.24) is 14.3 Å². The van der Waals surface area contributed by atoms with E-state index in [-0.39, 0.29) is 29.2 Å². The summed E-state index contributed by atoms with van der Waals surface area (Å²) in [5.74, 6) is -1.22. The number of amides is 1. The van der Waals surface area contributed by atoms with Crippen LogP contribution >= 0.6 is 0 Å². The van der Waals surface area contributed by atoms with Gasteiger partial charge in [0, 0.05) is 18.9 Å². The Labute approximate surface area is 254 Å². The summed E-state index contributed by atoms with van der Waals surface area (Å²) in [6, 6.07) is 15.7. The molecular formula is C32H42N4O6S. The lowest BCUT2D eigenvalue weighted by Gasteiger charge is -2.27. The topological polar surface area (TPSA) is 130 Å². The van der Waals surface area contributed by atoms with Crippen molar-refractivity contribution in [1.29, 1.82) is 0 Å². The van der Waals surface area contributed by atoms with Gasteiger partial charge in [0.2, 0.25) is 10.0 Å². The molecular weight excluding hydrogens is 568 g/mol. The van der Waals surface area contributed by atoms with E-state index in [1.54, 1.807) is 39.0 Å². The molecule has 3 rings (SSSR count). The molecule has 11 heteroatoms. The quantitative estimate of drug-likeness (QED) is 0.244. The van der Waals surface area contributed by atoms with Crippen molar-refractivity contribution in [3.05, 3.63) is 83.8 Å². The van der Waals surface area contributed by atoms with Gasteiger partial charge in [0.1, 0.15) is 22.9 Å². The molecule has 0 unspecified atom stereocenters. The van der Waals surface area contributed by atoms with Gasteiger partial charge in [-0.3, -0.25) is 14.7 Å². The van der Waals surface area contributed by atoms with Gasteiger partial charge in [0.15, 0.2) is 0 Å². The van der Waals surface area contributed by atoms with E-state index in [1.807, 2.05) is 24.3 Å². The monoisotopic (exact) mass is 610 g/mol. The lowest BCUT2D eigenvalue weighted by Crippen LogP contribution is -2.40. The highest BCUT2D eigenvalue weighted by atomic mass is 32.2. The number of carbonyl (C=O) groups is 2. The van der Waals surface area contributed by atoms with Gasteiger partial charge in [-0.1, -0.05) is 63.9 Å². The van der Waals surface area contributed by atoms with E-state index in [0.717, 1.165) is 29.7 Å². The van der Waals surface area contributed by atoms with Crippen molar-refractivity contribution >= 4 is 27.9 Å². The average Bonchev–Trinajstić information content (AvgIpc) is 2.94. The van der Waals surface area contributed by atoms with E-state index in [2.05, 4.69) is 30.7 Å². The molecule has 0 aliphatic heterocycles. The Balaban J connectivity index is 1.96. The molecule has 43 heavy (non-hydrogen) atoms. The van der Waals surface area contributed by atoms with E-state index >= 15 is 0 Å². The summed E-state index contributed by atoms with van der Waals surface area (Å²) < 4.78 is 34.3. The maximum absolute atomic E-state index is 13.8. The van der Waals surface area contributed by atoms with E-state index in [4.69, 9.17) is 4.74 Å². The Morgan fingerprint density at radius 2 is 1.65 bits per heavy atom. The first-order valence-electron chi connectivity index (χ1n) is 14.3. The van der Waals surface area contributed by atoms with Gasteiger partial charge in [0.25, 0.3) is 0 Å². The summed E-state index contributed by atoms with van der Waals surface area (Å²) in [6.07, 6.45) is 5.21. The number of rotatable bonds is 13. The molecule has 0 radical (unpaired) electrons. The van der Waals surface area contributed by atoms with Crippen molar-refractivity contribution in [2.45, 2.75) is 89.8 Å². The fourth-order valence-corrected chi connectivity index (χ4v) is 5.84. The van der Waals surface area contributed by atoms with Crippen molar-refractivity contribution < 1.29 is 27.9 Å². The second-order valence-electron chi connectivity index (χ2n) is 12.1. The molecule has 2 heterocycles. The maximum Gasteiger partial charge on any atom is 0.416 e. The third kappa shape index (κ3) is 9.59. The molecule has 10 nitrogen and oxygen atoms in total. The minimum absolute atomic E-state index is 0.00364. The number of aliphatic carboxylic acids is 1. The van der Waals surface area contributed by atoms with Crippen LogP contribution in [-0.4, -0.2) is 52.0 Å². The zero-order valence-corrected chi connectivity index (χ0v) is 26.6. The third-order valence-electron chi connectivity index (χ3n) is 6.84. The molecule has 2 aromatic heterocycles. The van der Waals surface area contributed by atoms with Crippen LogP contribution in [0.1, 0.15) is 77.6 Å². The number of aromatic nitrogens is 2. The summed E-state index contributed by atoms with van der Waals surface area (Å²) >= 11 is 0. The molecule has 0 saturated heterocycles. The van der Waals surface area contributed by atoms with Crippen LogP contribution in [0, 0.1) is 0 Å². The minimum Gasteiger partial charge on any atom is -0.480 e. The van der Waals surface area contributed by atoms with Gasteiger partial charge in [0.05, 0.1) is 12.2 Å². The van der Waals surface area contributed by atoms with Crippen LogP contribution in [0.25, 0.3) is 0 Å². The van der Waals surface area contributed by atoms with E-state index in [9.17, 15) is 23.1 Å². The average molecular weight is 611 g/mol. The largest absolute Gasteiger partial charge is 0.480 e. The van der Waals surface area contributed by atoms with E-state index in [1.165, 1.54) is 34.4 Å². The molecule has 232 valence electrons. The zero-order valence-electron chi connectivity index (χ0n) is 25.8. The van der Waals surface area contributed by atoms with Gasteiger partial charge in [-0.25, -0.2) is 18.2 Å². The number of benzene rings is 1. The summed E-state index contributed by atoms with van der Waals surface area (Å²) in [5.41, 5.74) is 1.43. The third-order valence-corrected chi connectivity index (χ3v) is 8.61. The lowest BCUT2D eigenvalue weighted by atomic mass is 9.80. The van der Waals surface area contributed by atoms with Gasteiger partial charge >= 0.3 is 12.1 Å². The molecule has 0 atom stereocenters. The molecule has 1 aromatic carbocycles. The highest BCUT2D eigenvalue weighted by Gasteiger charge is 2.29. The van der Waals surface area contributed by atoms with Gasteiger partial charge in [-0.05, 0) is 68.0 Å². The first kappa shape index (κ1) is 33.7. The molecule has 0 bridgehead atoms. The predicted molar refractivity (Wildman–Crippen MR) is 165 cm³/mol. The standard InChI is InChI=1S/C32H42N4O6S/c1-7-8-18-32(5,6)25-16-14-24(15-17-25)21-35(43(40,41)27-12-10-19-33-20-27)22-26-11-9-13-28(34-26)36(23-29(37)38)30(39)42-31(2,3)4/h9-17,19-20H,7-8,18,21-23H2,1-6H3,(H,37,38).